The number of aromatic nitrogens is 2. The molecule has 0 atom stereocenters. The zero-order chi connectivity index (χ0) is 9.14. The quantitative estimate of drug-likeness (QED) is 0.673. The SMILES string of the molecule is CN(C)c1cc(CC(=O)O)[nH]n1. The van der Waals surface area contributed by atoms with Gasteiger partial charge in [-0.3, -0.25) is 9.89 Å². The van der Waals surface area contributed by atoms with Crippen LogP contribution in [0, 0.1) is 0 Å². The van der Waals surface area contributed by atoms with Gasteiger partial charge in [-0.15, -0.1) is 0 Å². The Morgan fingerprint density at radius 3 is 2.83 bits per heavy atom. The molecule has 0 aliphatic heterocycles. The molecule has 0 aromatic carbocycles. The highest BCUT2D eigenvalue weighted by Gasteiger charge is 2.05. The number of anilines is 1. The summed E-state index contributed by atoms with van der Waals surface area (Å²) in [5.74, 6) is -0.116. The van der Waals surface area contributed by atoms with Gasteiger partial charge in [-0.05, 0) is 0 Å². The zero-order valence-corrected chi connectivity index (χ0v) is 7.03. The molecule has 1 heterocycles. The molecule has 0 amide bonds. The van der Waals surface area contributed by atoms with E-state index in [1.807, 2.05) is 19.0 Å². The van der Waals surface area contributed by atoms with Crippen LogP contribution >= 0.6 is 0 Å². The summed E-state index contributed by atoms with van der Waals surface area (Å²) in [5.41, 5.74) is 0.617. The minimum atomic E-state index is -0.857. The molecule has 0 aliphatic carbocycles. The Kier molecular flexibility index (Phi) is 2.32. The topological polar surface area (TPSA) is 69.2 Å². The van der Waals surface area contributed by atoms with Gasteiger partial charge in [0.25, 0.3) is 0 Å². The molecule has 1 aromatic rings. The maximum absolute atomic E-state index is 10.3. The summed E-state index contributed by atoms with van der Waals surface area (Å²) in [6, 6.07) is 1.72. The van der Waals surface area contributed by atoms with E-state index in [4.69, 9.17) is 5.11 Å². The van der Waals surface area contributed by atoms with E-state index in [0.717, 1.165) is 5.82 Å². The molecule has 5 nitrogen and oxygen atoms in total. The average molecular weight is 169 g/mol. The Morgan fingerprint density at radius 2 is 2.42 bits per heavy atom. The number of aliphatic carboxylic acids is 1. The van der Waals surface area contributed by atoms with Crippen molar-refractivity contribution in [2.24, 2.45) is 0 Å². The maximum Gasteiger partial charge on any atom is 0.309 e. The standard InChI is InChI=1S/C7H11N3O2/c1-10(2)6-3-5(8-9-6)4-7(11)12/h3H,4H2,1-2H3,(H,8,9)(H,11,12). The van der Waals surface area contributed by atoms with Crippen molar-refractivity contribution in [3.63, 3.8) is 0 Å². The van der Waals surface area contributed by atoms with Gasteiger partial charge in [0.15, 0.2) is 0 Å². The summed E-state index contributed by atoms with van der Waals surface area (Å²) in [4.78, 5) is 12.1. The molecule has 0 radical (unpaired) electrons. The van der Waals surface area contributed by atoms with Gasteiger partial charge in [0, 0.05) is 25.9 Å². The van der Waals surface area contributed by atoms with Gasteiger partial charge in [0.05, 0.1) is 6.42 Å². The van der Waals surface area contributed by atoms with Crippen LogP contribution in [0.2, 0.25) is 0 Å². The number of aromatic amines is 1. The van der Waals surface area contributed by atoms with Gasteiger partial charge in [-0.25, -0.2) is 0 Å². The molecular weight excluding hydrogens is 158 g/mol. The molecule has 1 rings (SSSR count). The van der Waals surface area contributed by atoms with E-state index in [-0.39, 0.29) is 6.42 Å². The van der Waals surface area contributed by atoms with Crippen LogP contribution in [0.25, 0.3) is 0 Å². The fourth-order valence-electron chi connectivity index (χ4n) is 0.832. The molecule has 0 aliphatic rings. The molecule has 0 saturated heterocycles. The highest BCUT2D eigenvalue weighted by molar-refractivity contribution is 5.69. The zero-order valence-electron chi connectivity index (χ0n) is 7.03. The van der Waals surface area contributed by atoms with E-state index >= 15 is 0 Å². The largest absolute Gasteiger partial charge is 0.481 e. The highest BCUT2D eigenvalue weighted by atomic mass is 16.4. The first kappa shape index (κ1) is 8.58. The van der Waals surface area contributed by atoms with Crippen molar-refractivity contribution in [1.29, 1.82) is 0 Å². The van der Waals surface area contributed by atoms with Gasteiger partial charge in [-0.1, -0.05) is 0 Å². The van der Waals surface area contributed by atoms with E-state index in [1.54, 1.807) is 6.07 Å². The normalized spacial score (nSPS) is 9.83. The van der Waals surface area contributed by atoms with Crippen molar-refractivity contribution < 1.29 is 9.90 Å². The summed E-state index contributed by atoms with van der Waals surface area (Å²) in [7, 11) is 3.70. The molecule has 66 valence electrons. The number of carboxylic acids is 1. The first-order chi connectivity index (χ1) is 5.59. The number of hydrogen-bond acceptors (Lipinski definition) is 3. The Hall–Kier alpha value is -1.52. The van der Waals surface area contributed by atoms with E-state index in [2.05, 4.69) is 10.2 Å². The average Bonchev–Trinajstić information content (AvgIpc) is 2.34. The molecule has 0 unspecified atom stereocenters. The first-order valence-electron chi connectivity index (χ1n) is 3.53. The summed E-state index contributed by atoms with van der Waals surface area (Å²) in [6.07, 6.45) is -0.0131. The van der Waals surface area contributed by atoms with Gasteiger partial charge < -0.3 is 10.0 Å². The molecule has 0 spiro atoms. The number of rotatable bonds is 3. The fraction of sp³-hybridized carbons (Fsp3) is 0.429. The number of carbonyl (C=O) groups is 1. The lowest BCUT2D eigenvalue weighted by Gasteiger charge is -2.05. The predicted octanol–water partition coefficient (Wildman–Crippen LogP) is 0.103. The number of carboxylic acid groups (broad SMARTS) is 1. The van der Waals surface area contributed by atoms with Crippen molar-refractivity contribution in [2.45, 2.75) is 6.42 Å². The fourth-order valence-corrected chi connectivity index (χ4v) is 0.832. The molecule has 0 saturated carbocycles. The molecule has 12 heavy (non-hydrogen) atoms. The third kappa shape index (κ3) is 1.98. The van der Waals surface area contributed by atoms with Crippen molar-refractivity contribution in [3.05, 3.63) is 11.8 Å². The van der Waals surface area contributed by atoms with Crippen molar-refractivity contribution in [3.8, 4) is 0 Å². The van der Waals surface area contributed by atoms with Gasteiger partial charge >= 0.3 is 5.97 Å². The lowest BCUT2D eigenvalue weighted by molar-refractivity contribution is -0.136. The molecule has 1 aromatic heterocycles. The van der Waals surface area contributed by atoms with Crippen LogP contribution in [0.15, 0.2) is 6.07 Å². The van der Waals surface area contributed by atoms with Gasteiger partial charge in [0.2, 0.25) is 0 Å². The van der Waals surface area contributed by atoms with Crippen LogP contribution in [0.1, 0.15) is 5.69 Å². The summed E-state index contributed by atoms with van der Waals surface area (Å²) in [5, 5.41) is 15.0. The van der Waals surface area contributed by atoms with Crippen LogP contribution in [0.5, 0.6) is 0 Å². The lowest BCUT2D eigenvalue weighted by atomic mass is 10.3. The third-order valence-corrected chi connectivity index (χ3v) is 1.42. The molecule has 5 heteroatoms. The molecule has 0 fully saturated rings. The van der Waals surface area contributed by atoms with Crippen molar-refractivity contribution in [2.75, 3.05) is 19.0 Å². The van der Waals surface area contributed by atoms with Crippen molar-refractivity contribution >= 4 is 11.8 Å². The van der Waals surface area contributed by atoms with Crippen LogP contribution in [-0.2, 0) is 11.2 Å². The highest BCUT2D eigenvalue weighted by Crippen LogP contribution is 2.08. The summed E-state index contributed by atoms with van der Waals surface area (Å²) in [6.45, 7) is 0. The van der Waals surface area contributed by atoms with E-state index in [1.165, 1.54) is 0 Å². The second-order valence-corrected chi connectivity index (χ2v) is 2.72. The number of H-pyrrole nitrogens is 1. The second kappa shape index (κ2) is 3.25. The molecule has 2 N–H and O–H groups in total. The maximum atomic E-state index is 10.3. The van der Waals surface area contributed by atoms with Crippen LogP contribution in [0.3, 0.4) is 0 Å². The summed E-state index contributed by atoms with van der Waals surface area (Å²) < 4.78 is 0. The Bertz CT molecular complexity index is 280. The minimum Gasteiger partial charge on any atom is -0.481 e. The summed E-state index contributed by atoms with van der Waals surface area (Å²) >= 11 is 0. The Balaban J connectivity index is 2.70. The predicted molar refractivity (Wildman–Crippen MR) is 44.3 cm³/mol. The van der Waals surface area contributed by atoms with Crippen LogP contribution < -0.4 is 4.90 Å². The van der Waals surface area contributed by atoms with E-state index < -0.39 is 5.97 Å². The second-order valence-electron chi connectivity index (χ2n) is 2.72. The monoisotopic (exact) mass is 169 g/mol. The van der Waals surface area contributed by atoms with Crippen LogP contribution in [0.4, 0.5) is 5.82 Å². The molecular formula is C7H11N3O2. The van der Waals surface area contributed by atoms with E-state index in [9.17, 15) is 4.79 Å². The Morgan fingerprint density at radius 1 is 1.75 bits per heavy atom. The number of hydrogen-bond donors (Lipinski definition) is 2. The smallest absolute Gasteiger partial charge is 0.309 e. The minimum absolute atomic E-state index is 0.0131. The van der Waals surface area contributed by atoms with Gasteiger partial charge in [0.1, 0.15) is 5.82 Å². The Labute approximate surface area is 70.0 Å². The number of nitrogens with one attached hydrogen (secondary N) is 1. The first-order valence-corrected chi connectivity index (χ1v) is 3.53. The third-order valence-electron chi connectivity index (χ3n) is 1.42. The molecule has 0 bridgehead atoms. The number of nitrogens with zero attached hydrogens (tertiary/aromatic N) is 2. The lowest BCUT2D eigenvalue weighted by Crippen LogP contribution is -2.08. The van der Waals surface area contributed by atoms with Gasteiger partial charge in [-0.2, -0.15) is 5.10 Å². The van der Waals surface area contributed by atoms with E-state index in [0.29, 0.717) is 5.69 Å². The van der Waals surface area contributed by atoms with Crippen LogP contribution in [-0.4, -0.2) is 35.4 Å². The van der Waals surface area contributed by atoms with Crippen molar-refractivity contribution in [1.82, 2.24) is 10.2 Å².